The fourth-order valence-electron chi connectivity index (χ4n) is 2.75. The highest BCUT2D eigenvalue weighted by Crippen LogP contribution is 2.29. The number of Topliss-reactive ketones (excluding diaryl/α,β-unsaturated/α-hetero) is 1. The standard InChI is InChI=1S/C18H15NO4/c1-23-16-7-8-17-13(11-16)5-6-14(18(17)20)9-12-3-2-4-15(10-12)19(21)22/h2-4,7-11H,5-6H2,1H3/b14-9+. The van der Waals surface area contributed by atoms with E-state index in [0.29, 0.717) is 23.1 Å². The number of methoxy groups -OCH3 is 1. The third kappa shape index (κ3) is 2.99. The molecule has 2 aromatic rings. The van der Waals surface area contributed by atoms with Crippen LogP contribution in [-0.2, 0) is 6.42 Å². The lowest BCUT2D eigenvalue weighted by atomic mass is 9.86. The van der Waals surface area contributed by atoms with Crippen molar-refractivity contribution in [3.05, 3.63) is 74.8 Å². The predicted molar refractivity (Wildman–Crippen MR) is 86.7 cm³/mol. The summed E-state index contributed by atoms with van der Waals surface area (Å²) in [6, 6.07) is 11.7. The van der Waals surface area contributed by atoms with Gasteiger partial charge in [-0.25, -0.2) is 0 Å². The molecular weight excluding hydrogens is 294 g/mol. The molecule has 0 unspecified atom stereocenters. The van der Waals surface area contributed by atoms with E-state index >= 15 is 0 Å². The highest BCUT2D eigenvalue weighted by atomic mass is 16.6. The lowest BCUT2D eigenvalue weighted by Crippen LogP contribution is -2.14. The molecule has 0 saturated carbocycles. The fourth-order valence-corrected chi connectivity index (χ4v) is 2.75. The summed E-state index contributed by atoms with van der Waals surface area (Å²) in [5.41, 5.74) is 3.01. The third-order valence-electron chi connectivity index (χ3n) is 3.93. The van der Waals surface area contributed by atoms with Gasteiger partial charge in [-0.05, 0) is 48.2 Å². The number of hydrogen-bond donors (Lipinski definition) is 0. The molecule has 0 radical (unpaired) electrons. The minimum absolute atomic E-state index is 0.0211. The molecule has 0 amide bonds. The fraction of sp³-hybridized carbons (Fsp3) is 0.167. The van der Waals surface area contributed by atoms with Gasteiger partial charge in [-0.3, -0.25) is 14.9 Å². The highest BCUT2D eigenvalue weighted by Gasteiger charge is 2.22. The third-order valence-corrected chi connectivity index (χ3v) is 3.93. The van der Waals surface area contributed by atoms with Crippen molar-refractivity contribution < 1.29 is 14.5 Å². The van der Waals surface area contributed by atoms with Crippen molar-refractivity contribution in [2.45, 2.75) is 12.8 Å². The van der Waals surface area contributed by atoms with Gasteiger partial charge in [0.25, 0.3) is 5.69 Å². The SMILES string of the molecule is COc1ccc2c(c1)CC/C(=C\c1cccc([N+](=O)[O-])c1)C2=O. The number of benzene rings is 2. The molecule has 23 heavy (non-hydrogen) atoms. The van der Waals surface area contributed by atoms with Crippen LogP contribution in [0.5, 0.6) is 5.75 Å². The second kappa shape index (κ2) is 6.04. The van der Waals surface area contributed by atoms with Crippen LogP contribution in [0, 0.1) is 10.1 Å². The second-order valence-corrected chi connectivity index (χ2v) is 5.37. The minimum atomic E-state index is -0.438. The van der Waals surface area contributed by atoms with Gasteiger partial charge >= 0.3 is 0 Å². The number of nitrogens with zero attached hydrogens (tertiary/aromatic N) is 1. The second-order valence-electron chi connectivity index (χ2n) is 5.37. The van der Waals surface area contributed by atoms with Crippen molar-refractivity contribution in [1.82, 2.24) is 0 Å². The van der Waals surface area contributed by atoms with Crippen molar-refractivity contribution in [3.63, 3.8) is 0 Å². The summed E-state index contributed by atoms with van der Waals surface area (Å²) in [7, 11) is 1.60. The number of aryl methyl sites for hydroxylation is 1. The molecule has 2 aromatic carbocycles. The summed E-state index contributed by atoms with van der Waals surface area (Å²) in [6.45, 7) is 0. The van der Waals surface area contributed by atoms with Crippen molar-refractivity contribution in [2.75, 3.05) is 7.11 Å². The average molecular weight is 309 g/mol. The van der Waals surface area contributed by atoms with Crippen molar-refractivity contribution in [1.29, 1.82) is 0 Å². The predicted octanol–water partition coefficient (Wildman–Crippen LogP) is 3.82. The summed E-state index contributed by atoms with van der Waals surface area (Å²) in [5, 5.41) is 10.8. The van der Waals surface area contributed by atoms with E-state index in [1.165, 1.54) is 12.1 Å². The Morgan fingerprint density at radius 2 is 2.00 bits per heavy atom. The summed E-state index contributed by atoms with van der Waals surface area (Å²) in [4.78, 5) is 23.0. The summed E-state index contributed by atoms with van der Waals surface area (Å²) >= 11 is 0. The molecule has 0 heterocycles. The zero-order chi connectivity index (χ0) is 16.4. The monoisotopic (exact) mass is 309 g/mol. The van der Waals surface area contributed by atoms with Gasteiger partial charge < -0.3 is 4.74 Å². The number of carbonyl (C=O) groups excluding carboxylic acids is 1. The van der Waals surface area contributed by atoms with Gasteiger partial charge in [0.05, 0.1) is 12.0 Å². The molecule has 1 aliphatic rings. The summed E-state index contributed by atoms with van der Waals surface area (Å²) in [6.07, 6.45) is 3.10. The van der Waals surface area contributed by atoms with Crippen molar-refractivity contribution >= 4 is 17.5 Å². The average Bonchev–Trinajstić information content (AvgIpc) is 2.57. The van der Waals surface area contributed by atoms with Crippen molar-refractivity contribution in [2.24, 2.45) is 0 Å². The molecule has 0 aromatic heterocycles. The maximum absolute atomic E-state index is 12.6. The Morgan fingerprint density at radius 3 is 2.74 bits per heavy atom. The first-order valence-corrected chi connectivity index (χ1v) is 7.25. The number of fused-ring (bicyclic) bond motifs is 1. The summed E-state index contributed by atoms with van der Waals surface area (Å²) in [5.74, 6) is 0.711. The van der Waals surface area contributed by atoms with Gasteiger partial charge in [0.1, 0.15) is 5.75 Å². The molecule has 0 fully saturated rings. The van der Waals surface area contributed by atoms with Gasteiger partial charge in [-0.15, -0.1) is 0 Å². The molecule has 0 spiro atoms. The minimum Gasteiger partial charge on any atom is -0.497 e. The quantitative estimate of drug-likeness (QED) is 0.491. The van der Waals surface area contributed by atoms with Gasteiger partial charge in [0, 0.05) is 23.3 Å². The molecule has 0 aliphatic heterocycles. The number of nitro benzene ring substituents is 1. The molecule has 5 heteroatoms. The van der Waals surface area contributed by atoms with Crippen LogP contribution in [0.2, 0.25) is 0 Å². The first-order chi connectivity index (χ1) is 11.1. The normalized spacial score (nSPS) is 15.3. The molecule has 116 valence electrons. The molecule has 0 N–H and O–H groups in total. The molecule has 3 rings (SSSR count). The lowest BCUT2D eigenvalue weighted by Gasteiger charge is -2.18. The lowest BCUT2D eigenvalue weighted by molar-refractivity contribution is -0.384. The Morgan fingerprint density at radius 1 is 1.17 bits per heavy atom. The van der Waals surface area contributed by atoms with Crippen LogP contribution in [0.1, 0.15) is 27.9 Å². The van der Waals surface area contributed by atoms with E-state index < -0.39 is 4.92 Å². The zero-order valence-electron chi connectivity index (χ0n) is 12.6. The number of ketones is 1. The van der Waals surface area contributed by atoms with E-state index in [2.05, 4.69) is 0 Å². The van der Waals surface area contributed by atoms with Crippen LogP contribution < -0.4 is 4.74 Å². The molecule has 0 atom stereocenters. The summed E-state index contributed by atoms with van der Waals surface area (Å²) < 4.78 is 5.18. The number of carbonyl (C=O) groups is 1. The topological polar surface area (TPSA) is 69.4 Å². The molecule has 1 aliphatic carbocycles. The van der Waals surface area contributed by atoms with Gasteiger partial charge in [0.2, 0.25) is 0 Å². The van der Waals surface area contributed by atoms with E-state index in [0.717, 1.165) is 17.7 Å². The van der Waals surface area contributed by atoms with Crippen LogP contribution in [0.15, 0.2) is 48.0 Å². The molecule has 0 bridgehead atoms. The maximum Gasteiger partial charge on any atom is 0.270 e. The number of ether oxygens (including phenoxy) is 1. The van der Waals surface area contributed by atoms with E-state index in [9.17, 15) is 14.9 Å². The highest BCUT2D eigenvalue weighted by molar-refractivity contribution is 6.13. The smallest absolute Gasteiger partial charge is 0.270 e. The maximum atomic E-state index is 12.6. The number of nitro groups is 1. The largest absolute Gasteiger partial charge is 0.497 e. The van der Waals surface area contributed by atoms with E-state index in [4.69, 9.17) is 4.74 Å². The van der Waals surface area contributed by atoms with Crippen LogP contribution in [0.4, 0.5) is 5.69 Å². The Kier molecular flexibility index (Phi) is 3.93. The Balaban J connectivity index is 1.94. The van der Waals surface area contributed by atoms with Crippen LogP contribution in [0.3, 0.4) is 0 Å². The van der Waals surface area contributed by atoms with Crippen LogP contribution >= 0.6 is 0 Å². The Bertz CT molecular complexity index is 824. The molecule has 0 saturated heterocycles. The zero-order valence-corrected chi connectivity index (χ0v) is 12.6. The van der Waals surface area contributed by atoms with Crippen LogP contribution in [-0.4, -0.2) is 17.8 Å². The first-order valence-electron chi connectivity index (χ1n) is 7.25. The Hall–Kier alpha value is -2.95. The van der Waals surface area contributed by atoms with Crippen molar-refractivity contribution in [3.8, 4) is 5.75 Å². The number of hydrogen-bond acceptors (Lipinski definition) is 4. The molecule has 5 nitrogen and oxygen atoms in total. The van der Waals surface area contributed by atoms with Gasteiger partial charge in [-0.2, -0.15) is 0 Å². The number of non-ortho nitro benzene ring substituents is 1. The Labute approximate surface area is 133 Å². The van der Waals surface area contributed by atoms with E-state index in [1.807, 2.05) is 6.07 Å². The van der Waals surface area contributed by atoms with E-state index in [1.54, 1.807) is 37.5 Å². The number of rotatable bonds is 3. The van der Waals surface area contributed by atoms with Gasteiger partial charge in [0.15, 0.2) is 5.78 Å². The number of allylic oxidation sites excluding steroid dienone is 1. The molecular formula is C18H15NO4. The first kappa shape index (κ1) is 15.0. The van der Waals surface area contributed by atoms with Gasteiger partial charge in [-0.1, -0.05) is 12.1 Å². The van der Waals surface area contributed by atoms with E-state index in [-0.39, 0.29) is 11.5 Å². The van der Waals surface area contributed by atoms with Crippen LogP contribution in [0.25, 0.3) is 6.08 Å².